The summed E-state index contributed by atoms with van der Waals surface area (Å²) >= 11 is 0. The fourth-order valence-electron chi connectivity index (χ4n) is 2.33. The van der Waals surface area contributed by atoms with Crippen LogP contribution in [0.2, 0.25) is 0 Å². The van der Waals surface area contributed by atoms with Crippen molar-refractivity contribution in [2.75, 3.05) is 33.5 Å². The average Bonchev–Trinajstić information content (AvgIpc) is 2.94. The Morgan fingerprint density at radius 2 is 1.91 bits per heavy atom. The number of likely N-dealkylation sites (N-methyl/N-ethyl adjacent to an activating group) is 1. The molecule has 5 nitrogen and oxygen atoms in total. The van der Waals surface area contributed by atoms with E-state index >= 15 is 0 Å². The van der Waals surface area contributed by atoms with E-state index in [1.54, 1.807) is 17.1 Å². The molecule has 1 aromatic carbocycles. The molecule has 1 aliphatic rings. The highest BCUT2D eigenvalue weighted by atomic mass is 16.7. The molecule has 0 saturated carbocycles. The molecule has 1 amide bonds. The molecule has 0 aliphatic carbocycles. The Morgan fingerprint density at radius 3 is 2.59 bits per heavy atom. The highest BCUT2D eigenvalue weighted by Crippen LogP contribution is 2.32. The molecule has 118 valence electrons. The first-order chi connectivity index (χ1) is 10.6. The molecule has 1 aliphatic heterocycles. The molecular formula is C17H22N2O3. The van der Waals surface area contributed by atoms with Crippen LogP contribution in [-0.2, 0) is 11.3 Å². The van der Waals surface area contributed by atoms with Gasteiger partial charge in [-0.15, -0.1) is 13.2 Å². The molecule has 0 radical (unpaired) electrons. The second kappa shape index (κ2) is 7.66. The van der Waals surface area contributed by atoms with E-state index in [-0.39, 0.29) is 12.7 Å². The van der Waals surface area contributed by atoms with Gasteiger partial charge in [0.2, 0.25) is 12.7 Å². The van der Waals surface area contributed by atoms with Crippen molar-refractivity contribution in [3.8, 4) is 11.5 Å². The Hall–Kier alpha value is -2.27. The smallest absolute Gasteiger partial charge is 0.237 e. The first-order valence-corrected chi connectivity index (χ1v) is 7.20. The summed E-state index contributed by atoms with van der Waals surface area (Å²) in [4.78, 5) is 15.9. The molecule has 1 aromatic rings. The van der Waals surface area contributed by atoms with Crippen molar-refractivity contribution in [2.24, 2.45) is 0 Å². The van der Waals surface area contributed by atoms with Crippen LogP contribution >= 0.6 is 0 Å². The van der Waals surface area contributed by atoms with Gasteiger partial charge in [-0.25, -0.2) is 0 Å². The lowest BCUT2D eigenvalue weighted by Crippen LogP contribution is -2.39. The Kier molecular flexibility index (Phi) is 5.61. The molecule has 2 rings (SSSR count). The summed E-state index contributed by atoms with van der Waals surface area (Å²) in [7, 11) is 1.92. The molecule has 5 heteroatoms. The zero-order valence-corrected chi connectivity index (χ0v) is 13.0. The summed E-state index contributed by atoms with van der Waals surface area (Å²) in [6, 6.07) is 5.84. The molecular weight excluding hydrogens is 280 g/mol. The van der Waals surface area contributed by atoms with Gasteiger partial charge in [0.1, 0.15) is 0 Å². The van der Waals surface area contributed by atoms with Crippen LogP contribution in [0.15, 0.2) is 43.5 Å². The zero-order valence-electron chi connectivity index (χ0n) is 13.0. The normalized spacial score (nSPS) is 12.3. The maximum atomic E-state index is 12.3. The number of carbonyl (C=O) groups excluding carboxylic acids is 1. The van der Waals surface area contributed by atoms with Crippen molar-refractivity contribution >= 4 is 5.91 Å². The third-order valence-electron chi connectivity index (χ3n) is 3.35. The summed E-state index contributed by atoms with van der Waals surface area (Å²) in [5.41, 5.74) is 1.08. The number of ether oxygens (including phenoxy) is 2. The number of hydrogen-bond acceptors (Lipinski definition) is 4. The van der Waals surface area contributed by atoms with E-state index < -0.39 is 0 Å². The van der Waals surface area contributed by atoms with Gasteiger partial charge in [-0.05, 0) is 24.7 Å². The van der Waals surface area contributed by atoms with E-state index in [4.69, 9.17) is 9.47 Å². The topological polar surface area (TPSA) is 42.0 Å². The first-order valence-electron chi connectivity index (χ1n) is 7.20. The minimum Gasteiger partial charge on any atom is -0.454 e. The summed E-state index contributed by atoms with van der Waals surface area (Å²) < 4.78 is 10.7. The highest BCUT2D eigenvalue weighted by Gasteiger charge is 2.16. The van der Waals surface area contributed by atoms with Crippen molar-refractivity contribution < 1.29 is 14.3 Å². The van der Waals surface area contributed by atoms with Crippen LogP contribution in [0.4, 0.5) is 0 Å². The monoisotopic (exact) mass is 302 g/mol. The van der Waals surface area contributed by atoms with Crippen molar-refractivity contribution in [3.05, 3.63) is 49.1 Å². The SMILES string of the molecule is C=CCN(CC=C)C(=O)CN(C)Cc1ccc2c(c1)OCO2. The lowest BCUT2D eigenvalue weighted by Gasteiger charge is -2.23. The van der Waals surface area contributed by atoms with E-state index in [1.807, 2.05) is 30.1 Å². The van der Waals surface area contributed by atoms with Crippen LogP contribution in [0.3, 0.4) is 0 Å². The molecule has 22 heavy (non-hydrogen) atoms. The van der Waals surface area contributed by atoms with Crippen LogP contribution < -0.4 is 9.47 Å². The van der Waals surface area contributed by atoms with E-state index in [9.17, 15) is 4.79 Å². The summed E-state index contributed by atoms with van der Waals surface area (Å²) in [6.07, 6.45) is 3.44. The number of carbonyl (C=O) groups is 1. The van der Waals surface area contributed by atoms with Crippen LogP contribution in [-0.4, -0.2) is 49.2 Å². The molecule has 0 fully saturated rings. The molecule has 1 heterocycles. The molecule has 0 aromatic heterocycles. The Bertz CT molecular complexity index is 547. The average molecular weight is 302 g/mol. The second-order valence-electron chi connectivity index (χ2n) is 5.24. The highest BCUT2D eigenvalue weighted by molar-refractivity contribution is 5.78. The number of rotatable bonds is 8. The summed E-state index contributed by atoms with van der Waals surface area (Å²) in [5, 5.41) is 0. The summed E-state index contributed by atoms with van der Waals surface area (Å²) in [6.45, 7) is 9.69. The zero-order chi connectivity index (χ0) is 15.9. The molecule has 0 saturated heterocycles. The third kappa shape index (κ3) is 4.11. The predicted octanol–water partition coefficient (Wildman–Crippen LogP) is 2.05. The minimum atomic E-state index is 0.0584. The summed E-state index contributed by atoms with van der Waals surface area (Å²) in [5.74, 6) is 1.59. The van der Waals surface area contributed by atoms with Gasteiger partial charge in [-0.1, -0.05) is 18.2 Å². The van der Waals surface area contributed by atoms with Gasteiger partial charge >= 0.3 is 0 Å². The van der Waals surface area contributed by atoms with E-state index in [0.29, 0.717) is 26.2 Å². The number of benzene rings is 1. The van der Waals surface area contributed by atoms with Gasteiger partial charge in [-0.2, -0.15) is 0 Å². The first kappa shape index (κ1) is 16.1. The van der Waals surface area contributed by atoms with Crippen molar-refractivity contribution in [1.82, 2.24) is 9.80 Å². The lowest BCUT2D eigenvalue weighted by molar-refractivity contribution is -0.131. The fraction of sp³-hybridized carbons (Fsp3) is 0.353. The van der Waals surface area contributed by atoms with Crippen LogP contribution in [0.25, 0.3) is 0 Å². The number of hydrogen-bond donors (Lipinski definition) is 0. The Morgan fingerprint density at radius 1 is 1.23 bits per heavy atom. The molecule has 0 atom stereocenters. The third-order valence-corrected chi connectivity index (χ3v) is 3.35. The van der Waals surface area contributed by atoms with Gasteiger partial charge in [-0.3, -0.25) is 9.69 Å². The van der Waals surface area contributed by atoms with Gasteiger partial charge in [0, 0.05) is 19.6 Å². The Balaban J connectivity index is 1.91. The van der Waals surface area contributed by atoms with E-state index in [1.165, 1.54) is 0 Å². The number of nitrogens with zero attached hydrogens (tertiary/aromatic N) is 2. The molecule has 0 unspecified atom stereocenters. The van der Waals surface area contributed by atoms with Gasteiger partial charge in [0.15, 0.2) is 11.5 Å². The van der Waals surface area contributed by atoms with Crippen molar-refractivity contribution in [3.63, 3.8) is 0 Å². The van der Waals surface area contributed by atoms with Gasteiger partial charge in [0.05, 0.1) is 6.54 Å². The van der Waals surface area contributed by atoms with Crippen LogP contribution in [0.1, 0.15) is 5.56 Å². The van der Waals surface area contributed by atoms with Crippen LogP contribution in [0.5, 0.6) is 11.5 Å². The predicted molar refractivity (Wildman–Crippen MR) is 85.9 cm³/mol. The number of amides is 1. The Labute approximate surface area is 131 Å². The number of fused-ring (bicyclic) bond motifs is 1. The van der Waals surface area contributed by atoms with Crippen LogP contribution in [0, 0.1) is 0 Å². The largest absolute Gasteiger partial charge is 0.454 e. The minimum absolute atomic E-state index is 0.0584. The van der Waals surface area contributed by atoms with Crippen molar-refractivity contribution in [2.45, 2.75) is 6.54 Å². The fourth-order valence-corrected chi connectivity index (χ4v) is 2.33. The standard InChI is InChI=1S/C17H22N2O3/c1-4-8-19(9-5-2)17(20)12-18(3)11-14-6-7-15-16(10-14)22-13-21-15/h4-7,10H,1-2,8-9,11-13H2,3H3. The van der Waals surface area contributed by atoms with E-state index in [2.05, 4.69) is 13.2 Å². The van der Waals surface area contributed by atoms with Gasteiger partial charge < -0.3 is 14.4 Å². The van der Waals surface area contributed by atoms with Crippen molar-refractivity contribution in [1.29, 1.82) is 0 Å². The second-order valence-corrected chi connectivity index (χ2v) is 5.24. The molecule has 0 bridgehead atoms. The van der Waals surface area contributed by atoms with E-state index in [0.717, 1.165) is 17.1 Å². The maximum Gasteiger partial charge on any atom is 0.237 e. The maximum absolute atomic E-state index is 12.3. The van der Waals surface area contributed by atoms with Gasteiger partial charge in [0.25, 0.3) is 0 Å². The molecule has 0 spiro atoms. The molecule has 0 N–H and O–H groups in total. The quantitative estimate of drug-likeness (QED) is 0.689. The lowest BCUT2D eigenvalue weighted by atomic mass is 10.2.